The average Bonchev–Trinajstić information content (AvgIpc) is 2.85. The van der Waals surface area contributed by atoms with Crippen molar-refractivity contribution in [1.29, 1.82) is 5.26 Å². The standard InChI is InChI=1S/C11H15N3O/c1-14-10(3-6-13-14)2-4-11(8-12)5-7-15-9-11/h3,6H,2,4-5,7,9H2,1H3. The molecule has 80 valence electrons. The van der Waals surface area contributed by atoms with Crippen LogP contribution in [0.2, 0.25) is 0 Å². The minimum atomic E-state index is -0.260. The number of aryl methyl sites for hydroxylation is 2. The van der Waals surface area contributed by atoms with Gasteiger partial charge in [-0.25, -0.2) is 0 Å². The van der Waals surface area contributed by atoms with E-state index in [2.05, 4.69) is 11.2 Å². The Morgan fingerprint density at radius 3 is 3.13 bits per heavy atom. The number of aromatic nitrogens is 2. The van der Waals surface area contributed by atoms with E-state index in [1.807, 2.05) is 17.8 Å². The van der Waals surface area contributed by atoms with E-state index >= 15 is 0 Å². The number of rotatable bonds is 3. The molecule has 1 unspecified atom stereocenters. The summed E-state index contributed by atoms with van der Waals surface area (Å²) in [5.41, 5.74) is 0.918. The van der Waals surface area contributed by atoms with Crippen LogP contribution in [0.15, 0.2) is 12.3 Å². The summed E-state index contributed by atoms with van der Waals surface area (Å²) in [4.78, 5) is 0. The van der Waals surface area contributed by atoms with Gasteiger partial charge in [-0.15, -0.1) is 0 Å². The Bertz CT molecular complexity index is 371. The summed E-state index contributed by atoms with van der Waals surface area (Å²) < 4.78 is 7.17. The lowest BCUT2D eigenvalue weighted by molar-refractivity contribution is 0.168. The van der Waals surface area contributed by atoms with Gasteiger partial charge in [0, 0.05) is 25.5 Å². The van der Waals surface area contributed by atoms with E-state index in [1.54, 1.807) is 6.20 Å². The van der Waals surface area contributed by atoms with Crippen LogP contribution in [0.3, 0.4) is 0 Å². The Morgan fingerprint density at radius 2 is 2.60 bits per heavy atom. The number of nitriles is 1. The molecular weight excluding hydrogens is 190 g/mol. The summed E-state index contributed by atoms with van der Waals surface area (Å²) in [6, 6.07) is 4.41. The summed E-state index contributed by atoms with van der Waals surface area (Å²) in [6.45, 7) is 1.31. The number of hydrogen-bond acceptors (Lipinski definition) is 3. The highest BCUT2D eigenvalue weighted by Crippen LogP contribution is 2.32. The van der Waals surface area contributed by atoms with Gasteiger partial charge in [0.15, 0.2) is 0 Å². The topological polar surface area (TPSA) is 50.8 Å². The predicted octanol–water partition coefficient (Wildman–Crippen LogP) is 1.28. The first-order valence-corrected chi connectivity index (χ1v) is 5.22. The van der Waals surface area contributed by atoms with Crippen LogP contribution in [0.5, 0.6) is 0 Å². The Morgan fingerprint density at radius 1 is 1.73 bits per heavy atom. The minimum absolute atomic E-state index is 0.260. The smallest absolute Gasteiger partial charge is 0.0832 e. The van der Waals surface area contributed by atoms with Gasteiger partial charge in [-0.3, -0.25) is 4.68 Å². The molecule has 1 aliphatic heterocycles. The van der Waals surface area contributed by atoms with E-state index in [0.717, 1.165) is 25.9 Å². The number of ether oxygens (including phenoxy) is 1. The highest BCUT2D eigenvalue weighted by Gasteiger charge is 2.34. The Labute approximate surface area is 89.5 Å². The zero-order valence-corrected chi connectivity index (χ0v) is 8.94. The van der Waals surface area contributed by atoms with Crippen LogP contribution in [0, 0.1) is 16.7 Å². The van der Waals surface area contributed by atoms with Crippen LogP contribution >= 0.6 is 0 Å². The van der Waals surface area contributed by atoms with Crippen molar-refractivity contribution in [2.24, 2.45) is 12.5 Å². The van der Waals surface area contributed by atoms with Gasteiger partial charge < -0.3 is 4.74 Å². The fourth-order valence-corrected chi connectivity index (χ4v) is 1.96. The maximum Gasteiger partial charge on any atom is 0.0832 e. The van der Waals surface area contributed by atoms with Crippen molar-refractivity contribution < 1.29 is 4.74 Å². The van der Waals surface area contributed by atoms with Crippen molar-refractivity contribution in [3.63, 3.8) is 0 Å². The van der Waals surface area contributed by atoms with Gasteiger partial charge in [0.25, 0.3) is 0 Å². The summed E-state index contributed by atoms with van der Waals surface area (Å²) in [7, 11) is 1.93. The van der Waals surface area contributed by atoms with Crippen LogP contribution < -0.4 is 0 Å². The van der Waals surface area contributed by atoms with E-state index < -0.39 is 0 Å². The van der Waals surface area contributed by atoms with Gasteiger partial charge in [-0.1, -0.05) is 0 Å². The van der Waals surface area contributed by atoms with E-state index in [1.165, 1.54) is 5.69 Å². The molecule has 0 amide bonds. The number of nitrogens with zero attached hydrogens (tertiary/aromatic N) is 3. The molecular formula is C11H15N3O. The maximum absolute atomic E-state index is 9.16. The van der Waals surface area contributed by atoms with Crippen LogP contribution in [0.1, 0.15) is 18.5 Å². The fraction of sp³-hybridized carbons (Fsp3) is 0.636. The molecule has 4 heteroatoms. The molecule has 0 aromatic carbocycles. The highest BCUT2D eigenvalue weighted by molar-refractivity contribution is 5.06. The zero-order chi connectivity index (χ0) is 10.7. The third-order valence-corrected chi connectivity index (χ3v) is 3.12. The lowest BCUT2D eigenvalue weighted by Crippen LogP contribution is -2.20. The van der Waals surface area contributed by atoms with E-state index in [0.29, 0.717) is 6.61 Å². The Kier molecular flexibility index (Phi) is 2.74. The van der Waals surface area contributed by atoms with Crippen LogP contribution in [0.4, 0.5) is 0 Å². The first-order valence-electron chi connectivity index (χ1n) is 5.22. The van der Waals surface area contributed by atoms with E-state index in [-0.39, 0.29) is 5.41 Å². The van der Waals surface area contributed by atoms with Crippen molar-refractivity contribution in [2.45, 2.75) is 19.3 Å². The fourth-order valence-electron chi connectivity index (χ4n) is 1.96. The Balaban J connectivity index is 1.98. The van der Waals surface area contributed by atoms with Crippen LogP contribution in [-0.4, -0.2) is 23.0 Å². The molecule has 0 bridgehead atoms. The molecule has 15 heavy (non-hydrogen) atoms. The molecule has 2 rings (SSSR count). The molecule has 1 fully saturated rings. The van der Waals surface area contributed by atoms with Crippen molar-refractivity contribution in [3.8, 4) is 6.07 Å². The van der Waals surface area contributed by atoms with E-state index in [4.69, 9.17) is 10.00 Å². The second kappa shape index (κ2) is 4.03. The number of hydrogen-bond donors (Lipinski definition) is 0. The van der Waals surface area contributed by atoms with E-state index in [9.17, 15) is 0 Å². The second-order valence-corrected chi connectivity index (χ2v) is 4.14. The van der Waals surface area contributed by atoms with Gasteiger partial charge in [-0.05, 0) is 25.3 Å². The normalized spacial score (nSPS) is 25.3. The first kappa shape index (κ1) is 10.2. The van der Waals surface area contributed by atoms with Gasteiger partial charge in [0.2, 0.25) is 0 Å². The molecule has 1 aliphatic rings. The second-order valence-electron chi connectivity index (χ2n) is 4.14. The van der Waals surface area contributed by atoms with Crippen LogP contribution in [-0.2, 0) is 18.2 Å². The van der Waals surface area contributed by atoms with Gasteiger partial charge in [0.05, 0.1) is 18.1 Å². The van der Waals surface area contributed by atoms with Crippen molar-refractivity contribution in [2.75, 3.05) is 13.2 Å². The van der Waals surface area contributed by atoms with Crippen molar-refractivity contribution >= 4 is 0 Å². The SMILES string of the molecule is Cn1nccc1CCC1(C#N)CCOC1. The van der Waals surface area contributed by atoms with Gasteiger partial charge in [-0.2, -0.15) is 10.4 Å². The lowest BCUT2D eigenvalue weighted by Gasteiger charge is -2.17. The molecule has 0 radical (unpaired) electrons. The molecule has 0 saturated carbocycles. The highest BCUT2D eigenvalue weighted by atomic mass is 16.5. The summed E-state index contributed by atoms with van der Waals surface area (Å²) >= 11 is 0. The average molecular weight is 205 g/mol. The molecule has 1 atom stereocenters. The summed E-state index contributed by atoms with van der Waals surface area (Å²) in [5.74, 6) is 0. The summed E-state index contributed by atoms with van der Waals surface area (Å²) in [6.07, 6.45) is 4.41. The molecule has 0 N–H and O–H groups in total. The quantitative estimate of drug-likeness (QED) is 0.747. The molecule has 0 aliphatic carbocycles. The third-order valence-electron chi connectivity index (χ3n) is 3.12. The van der Waals surface area contributed by atoms with Crippen molar-refractivity contribution in [3.05, 3.63) is 18.0 Å². The Hall–Kier alpha value is -1.34. The zero-order valence-electron chi connectivity index (χ0n) is 8.94. The molecule has 2 heterocycles. The molecule has 1 aromatic rings. The lowest BCUT2D eigenvalue weighted by atomic mass is 9.84. The molecule has 4 nitrogen and oxygen atoms in total. The monoisotopic (exact) mass is 205 g/mol. The molecule has 1 saturated heterocycles. The minimum Gasteiger partial charge on any atom is -0.380 e. The molecule has 0 spiro atoms. The molecule has 1 aromatic heterocycles. The summed E-state index contributed by atoms with van der Waals surface area (Å²) in [5, 5.41) is 13.3. The van der Waals surface area contributed by atoms with Gasteiger partial charge in [0.1, 0.15) is 0 Å². The maximum atomic E-state index is 9.16. The van der Waals surface area contributed by atoms with Gasteiger partial charge >= 0.3 is 0 Å². The van der Waals surface area contributed by atoms with Crippen molar-refractivity contribution in [1.82, 2.24) is 9.78 Å². The van der Waals surface area contributed by atoms with Crippen LogP contribution in [0.25, 0.3) is 0 Å². The predicted molar refractivity (Wildman–Crippen MR) is 55.0 cm³/mol. The first-order chi connectivity index (χ1) is 7.26. The third kappa shape index (κ3) is 2.02. The largest absolute Gasteiger partial charge is 0.380 e.